The number of anilines is 1. The number of hydrogen-bond donors (Lipinski definition) is 1. The molecule has 0 saturated carbocycles. The minimum Gasteiger partial charge on any atom is -0.265 e. The lowest BCUT2D eigenvalue weighted by atomic mass is 9.87. The molecule has 1 heterocycles. The molecule has 0 unspecified atom stereocenters. The van der Waals surface area contributed by atoms with Crippen molar-refractivity contribution < 1.29 is 12.8 Å². The monoisotopic (exact) mass is 421 g/mol. The number of benzene rings is 2. The van der Waals surface area contributed by atoms with Gasteiger partial charge >= 0.3 is 0 Å². The zero-order valence-electron chi connectivity index (χ0n) is 15.8. The average molecular weight is 422 g/mol. The third-order valence-electron chi connectivity index (χ3n) is 4.27. The first kappa shape index (κ1) is 20.4. The van der Waals surface area contributed by atoms with E-state index < -0.39 is 10.0 Å². The van der Waals surface area contributed by atoms with E-state index in [-0.39, 0.29) is 33.5 Å². The van der Waals surface area contributed by atoms with Crippen LogP contribution in [0.4, 0.5) is 10.2 Å². The molecule has 3 aromatic rings. The Kier molecular flexibility index (Phi) is 5.50. The molecule has 0 radical (unpaired) electrons. The number of sulfonamides is 1. The molecule has 2 aromatic carbocycles. The van der Waals surface area contributed by atoms with Gasteiger partial charge in [0.15, 0.2) is 5.82 Å². The molecular weight excluding hydrogens is 401 g/mol. The van der Waals surface area contributed by atoms with Gasteiger partial charge in [-0.1, -0.05) is 62.7 Å². The van der Waals surface area contributed by atoms with Crippen molar-refractivity contribution in [3.05, 3.63) is 76.7 Å². The van der Waals surface area contributed by atoms with E-state index in [1.807, 2.05) is 0 Å². The number of halogens is 2. The summed E-state index contributed by atoms with van der Waals surface area (Å²) in [6.45, 7) is 6.29. The normalized spacial score (nSPS) is 12.2. The standard InChI is InChI=1S/C20H21ClFN3O2S/c1-20(2,3)15-8-10-16(11-9-15)28(26,27)24-19-17(21)13-25(23-19)12-14-6-4-5-7-18(14)22/h4-11,13H,12H2,1-3H3,(H,23,24). The number of nitrogens with one attached hydrogen (secondary N) is 1. The van der Waals surface area contributed by atoms with E-state index in [9.17, 15) is 12.8 Å². The number of rotatable bonds is 5. The Morgan fingerprint density at radius 1 is 1.11 bits per heavy atom. The molecule has 0 spiro atoms. The Morgan fingerprint density at radius 2 is 1.75 bits per heavy atom. The van der Waals surface area contributed by atoms with E-state index >= 15 is 0 Å². The van der Waals surface area contributed by atoms with E-state index in [0.29, 0.717) is 5.56 Å². The zero-order valence-corrected chi connectivity index (χ0v) is 17.4. The summed E-state index contributed by atoms with van der Waals surface area (Å²) in [6.07, 6.45) is 1.45. The average Bonchev–Trinajstić information content (AvgIpc) is 2.95. The van der Waals surface area contributed by atoms with Gasteiger partial charge in [0, 0.05) is 11.8 Å². The van der Waals surface area contributed by atoms with Gasteiger partial charge in [-0.3, -0.25) is 9.40 Å². The maximum Gasteiger partial charge on any atom is 0.263 e. The SMILES string of the molecule is CC(C)(C)c1ccc(S(=O)(=O)Nc2nn(Cc3ccccc3F)cc2Cl)cc1. The van der Waals surface area contributed by atoms with Crippen LogP contribution in [0.3, 0.4) is 0 Å². The van der Waals surface area contributed by atoms with Crippen molar-refractivity contribution in [3.63, 3.8) is 0 Å². The van der Waals surface area contributed by atoms with Crippen molar-refractivity contribution in [3.8, 4) is 0 Å². The van der Waals surface area contributed by atoms with Gasteiger partial charge in [0.1, 0.15) is 10.8 Å². The molecule has 0 aliphatic rings. The lowest BCUT2D eigenvalue weighted by molar-refractivity contribution is 0.584. The predicted molar refractivity (Wildman–Crippen MR) is 109 cm³/mol. The van der Waals surface area contributed by atoms with Gasteiger partial charge in [-0.15, -0.1) is 0 Å². The molecule has 148 valence electrons. The van der Waals surface area contributed by atoms with Gasteiger partial charge in [-0.05, 0) is 29.2 Å². The predicted octanol–water partition coefficient (Wildman–Crippen LogP) is 4.82. The summed E-state index contributed by atoms with van der Waals surface area (Å²) < 4.78 is 42.9. The summed E-state index contributed by atoms with van der Waals surface area (Å²) in [7, 11) is -3.85. The second-order valence-electron chi connectivity index (χ2n) is 7.49. The quantitative estimate of drug-likeness (QED) is 0.642. The van der Waals surface area contributed by atoms with Crippen molar-refractivity contribution in [2.75, 3.05) is 4.72 Å². The molecule has 0 bridgehead atoms. The van der Waals surface area contributed by atoms with Crippen LogP contribution < -0.4 is 4.72 Å². The van der Waals surface area contributed by atoms with Gasteiger partial charge in [0.05, 0.1) is 11.4 Å². The molecule has 0 amide bonds. The first-order chi connectivity index (χ1) is 13.1. The molecule has 0 saturated heterocycles. The van der Waals surface area contributed by atoms with Crippen LogP contribution in [0.5, 0.6) is 0 Å². The van der Waals surface area contributed by atoms with Crippen molar-refractivity contribution >= 4 is 27.4 Å². The Balaban J connectivity index is 1.81. The summed E-state index contributed by atoms with van der Waals surface area (Å²) in [5.41, 5.74) is 1.37. The minimum atomic E-state index is -3.85. The molecule has 0 atom stereocenters. The molecule has 0 aliphatic carbocycles. The van der Waals surface area contributed by atoms with E-state index in [2.05, 4.69) is 30.6 Å². The number of nitrogens with zero attached hydrogens (tertiary/aromatic N) is 2. The molecule has 3 rings (SSSR count). The first-order valence-corrected chi connectivity index (χ1v) is 10.5. The zero-order chi connectivity index (χ0) is 20.5. The minimum absolute atomic E-state index is 0.00194. The molecule has 0 fully saturated rings. The van der Waals surface area contributed by atoms with Crippen LogP contribution in [0.2, 0.25) is 5.02 Å². The van der Waals surface area contributed by atoms with Gasteiger partial charge < -0.3 is 0 Å². The van der Waals surface area contributed by atoms with Gasteiger partial charge in [0.2, 0.25) is 0 Å². The molecule has 0 aliphatic heterocycles. The lowest BCUT2D eigenvalue weighted by Gasteiger charge is -2.19. The van der Waals surface area contributed by atoms with Crippen molar-refractivity contribution in [2.45, 2.75) is 37.6 Å². The first-order valence-electron chi connectivity index (χ1n) is 8.66. The summed E-state index contributed by atoms with van der Waals surface area (Å²) >= 11 is 6.13. The van der Waals surface area contributed by atoms with E-state index in [0.717, 1.165) is 5.56 Å². The molecule has 8 heteroatoms. The summed E-state index contributed by atoms with van der Waals surface area (Å²) in [5.74, 6) is -0.368. The molecule has 1 N–H and O–H groups in total. The fourth-order valence-corrected chi connectivity index (χ4v) is 3.94. The molecule has 1 aromatic heterocycles. The highest BCUT2D eigenvalue weighted by Crippen LogP contribution is 2.26. The third-order valence-corrected chi connectivity index (χ3v) is 5.90. The number of aromatic nitrogens is 2. The number of hydrogen-bond acceptors (Lipinski definition) is 3. The highest BCUT2D eigenvalue weighted by Gasteiger charge is 2.20. The largest absolute Gasteiger partial charge is 0.265 e. The van der Waals surface area contributed by atoms with Gasteiger partial charge in [0.25, 0.3) is 10.0 Å². The van der Waals surface area contributed by atoms with Crippen LogP contribution >= 0.6 is 11.6 Å². The third kappa shape index (κ3) is 4.54. The summed E-state index contributed by atoms with van der Waals surface area (Å²) in [4.78, 5) is 0.111. The summed E-state index contributed by atoms with van der Waals surface area (Å²) in [6, 6.07) is 13.0. The highest BCUT2D eigenvalue weighted by atomic mass is 35.5. The Bertz CT molecular complexity index is 1090. The fourth-order valence-electron chi connectivity index (χ4n) is 2.67. The smallest absolute Gasteiger partial charge is 0.263 e. The summed E-state index contributed by atoms with van der Waals surface area (Å²) in [5, 5.41) is 4.27. The Hall–Kier alpha value is -2.38. The van der Waals surface area contributed by atoms with Crippen molar-refractivity contribution in [1.82, 2.24) is 9.78 Å². The topological polar surface area (TPSA) is 64.0 Å². The van der Waals surface area contributed by atoms with Gasteiger partial charge in [-0.2, -0.15) is 5.10 Å². The Morgan fingerprint density at radius 3 is 2.36 bits per heavy atom. The van der Waals surface area contributed by atoms with E-state index in [4.69, 9.17) is 11.6 Å². The lowest BCUT2D eigenvalue weighted by Crippen LogP contribution is -2.15. The Labute approximate surface area is 169 Å². The van der Waals surface area contributed by atoms with E-state index in [1.165, 1.54) is 16.9 Å². The van der Waals surface area contributed by atoms with Crippen molar-refractivity contribution in [1.29, 1.82) is 0 Å². The van der Waals surface area contributed by atoms with Crippen LogP contribution in [-0.4, -0.2) is 18.2 Å². The maximum absolute atomic E-state index is 13.8. The van der Waals surface area contributed by atoms with Gasteiger partial charge in [-0.25, -0.2) is 12.8 Å². The highest BCUT2D eigenvalue weighted by molar-refractivity contribution is 7.92. The van der Waals surface area contributed by atoms with E-state index in [1.54, 1.807) is 42.5 Å². The van der Waals surface area contributed by atoms with Crippen LogP contribution in [0.25, 0.3) is 0 Å². The fraction of sp³-hybridized carbons (Fsp3) is 0.250. The molecule has 5 nitrogen and oxygen atoms in total. The molecular formula is C20H21ClFN3O2S. The molecule has 28 heavy (non-hydrogen) atoms. The van der Waals surface area contributed by atoms with Crippen LogP contribution in [0.15, 0.2) is 59.6 Å². The van der Waals surface area contributed by atoms with Crippen LogP contribution in [0.1, 0.15) is 31.9 Å². The van der Waals surface area contributed by atoms with Crippen LogP contribution in [-0.2, 0) is 22.0 Å². The second-order valence-corrected chi connectivity index (χ2v) is 9.58. The van der Waals surface area contributed by atoms with Crippen molar-refractivity contribution in [2.24, 2.45) is 0 Å². The second kappa shape index (κ2) is 7.56. The maximum atomic E-state index is 13.8. The van der Waals surface area contributed by atoms with Crippen LogP contribution in [0, 0.1) is 5.82 Å².